The van der Waals surface area contributed by atoms with Crippen molar-refractivity contribution in [1.29, 1.82) is 0 Å². The Bertz CT molecular complexity index is 879. The predicted molar refractivity (Wildman–Crippen MR) is 93.6 cm³/mol. The highest BCUT2D eigenvalue weighted by Gasteiger charge is 2.28. The summed E-state index contributed by atoms with van der Waals surface area (Å²) in [6.07, 6.45) is 3.44. The molecule has 0 aliphatic carbocycles. The molecule has 24 heavy (non-hydrogen) atoms. The van der Waals surface area contributed by atoms with Crippen molar-refractivity contribution in [3.8, 4) is 0 Å². The van der Waals surface area contributed by atoms with Crippen molar-refractivity contribution in [1.82, 2.24) is 9.29 Å². The maximum atomic E-state index is 12.7. The SMILES string of the molecule is O=S(=O)(c1ccnc(N2Cc3ccc(Cl)cc3C2)c1)N1CCCC1. The zero-order valence-electron chi connectivity index (χ0n) is 13.2. The Morgan fingerprint density at radius 1 is 1.00 bits per heavy atom. The van der Waals surface area contributed by atoms with Crippen LogP contribution in [-0.2, 0) is 23.1 Å². The van der Waals surface area contributed by atoms with Gasteiger partial charge in [0.15, 0.2) is 0 Å². The number of hydrogen-bond donors (Lipinski definition) is 0. The Hall–Kier alpha value is -1.63. The Morgan fingerprint density at radius 3 is 2.54 bits per heavy atom. The maximum absolute atomic E-state index is 12.7. The summed E-state index contributed by atoms with van der Waals surface area (Å²) in [7, 11) is -3.42. The monoisotopic (exact) mass is 363 g/mol. The number of hydrogen-bond acceptors (Lipinski definition) is 4. The minimum atomic E-state index is -3.42. The summed E-state index contributed by atoms with van der Waals surface area (Å²) in [6.45, 7) is 2.62. The lowest BCUT2D eigenvalue weighted by Gasteiger charge is -2.19. The summed E-state index contributed by atoms with van der Waals surface area (Å²) >= 11 is 6.06. The molecule has 126 valence electrons. The lowest BCUT2D eigenvalue weighted by molar-refractivity contribution is 0.477. The van der Waals surface area contributed by atoms with Crippen LogP contribution in [0.25, 0.3) is 0 Å². The van der Waals surface area contributed by atoms with Crippen LogP contribution in [0.2, 0.25) is 5.02 Å². The fourth-order valence-electron chi connectivity index (χ4n) is 3.34. The minimum Gasteiger partial charge on any atom is -0.348 e. The standard InChI is InChI=1S/C17H18ClN3O2S/c18-15-4-3-13-11-20(12-14(13)9-15)17-10-16(5-6-19-17)24(22,23)21-7-1-2-8-21/h3-6,9-10H,1-2,7-8,11-12H2. The summed E-state index contributed by atoms with van der Waals surface area (Å²) in [5.74, 6) is 0.683. The summed E-state index contributed by atoms with van der Waals surface area (Å²) in [4.78, 5) is 6.77. The van der Waals surface area contributed by atoms with Crippen LogP contribution in [0.15, 0.2) is 41.4 Å². The molecule has 2 aliphatic rings. The van der Waals surface area contributed by atoms with Gasteiger partial charge < -0.3 is 4.90 Å². The molecule has 0 amide bonds. The van der Waals surface area contributed by atoms with Crippen LogP contribution >= 0.6 is 11.6 Å². The summed E-state index contributed by atoms with van der Waals surface area (Å²) in [6, 6.07) is 9.12. The molecule has 0 atom stereocenters. The number of rotatable bonds is 3. The predicted octanol–water partition coefficient (Wildman–Crippen LogP) is 3.04. The number of nitrogens with zero attached hydrogens (tertiary/aromatic N) is 3. The molecule has 0 N–H and O–H groups in total. The third-order valence-corrected chi connectivity index (χ3v) is 6.76. The third-order valence-electron chi connectivity index (χ3n) is 4.63. The first kappa shape index (κ1) is 15.9. The van der Waals surface area contributed by atoms with Gasteiger partial charge in [-0.05, 0) is 42.2 Å². The molecule has 4 rings (SSSR count). The average Bonchev–Trinajstić information content (AvgIpc) is 3.24. The molecule has 7 heteroatoms. The number of sulfonamides is 1. The Morgan fingerprint density at radius 2 is 1.75 bits per heavy atom. The van der Waals surface area contributed by atoms with Crippen molar-refractivity contribution in [3.63, 3.8) is 0 Å². The van der Waals surface area contributed by atoms with E-state index in [2.05, 4.69) is 9.88 Å². The van der Waals surface area contributed by atoms with Gasteiger partial charge in [-0.2, -0.15) is 4.31 Å². The van der Waals surface area contributed by atoms with E-state index in [9.17, 15) is 8.42 Å². The van der Waals surface area contributed by atoms with Gasteiger partial charge in [-0.1, -0.05) is 17.7 Å². The number of benzene rings is 1. The van der Waals surface area contributed by atoms with Gasteiger partial charge in [-0.25, -0.2) is 13.4 Å². The van der Waals surface area contributed by atoms with Crippen LogP contribution in [0.4, 0.5) is 5.82 Å². The van der Waals surface area contributed by atoms with Crippen LogP contribution in [0.5, 0.6) is 0 Å². The van der Waals surface area contributed by atoms with Gasteiger partial charge in [-0.3, -0.25) is 0 Å². The lowest BCUT2D eigenvalue weighted by atomic mass is 10.1. The molecule has 1 fully saturated rings. The highest BCUT2D eigenvalue weighted by molar-refractivity contribution is 7.89. The zero-order chi connectivity index (χ0) is 16.7. The van der Waals surface area contributed by atoms with Gasteiger partial charge in [0.2, 0.25) is 10.0 Å². The Labute approximate surface area is 146 Å². The molecule has 0 unspecified atom stereocenters. The van der Waals surface area contributed by atoms with Gasteiger partial charge in [0.25, 0.3) is 0 Å². The number of aromatic nitrogens is 1. The van der Waals surface area contributed by atoms with Gasteiger partial charge in [0.05, 0.1) is 4.90 Å². The molecule has 2 aromatic rings. The van der Waals surface area contributed by atoms with Crippen molar-refractivity contribution < 1.29 is 8.42 Å². The molecule has 3 heterocycles. The van der Waals surface area contributed by atoms with Gasteiger partial charge in [0.1, 0.15) is 5.82 Å². The first-order chi connectivity index (χ1) is 11.5. The van der Waals surface area contributed by atoms with Gasteiger partial charge >= 0.3 is 0 Å². The average molecular weight is 364 g/mol. The summed E-state index contributed by atoms with van der Waals surface area (Å²) in [5, 5.41) is 0.717. The van der Waals surface area contributed by atoms with E-state index in [0.717, 1.165) is 18.4 Å². The number of halogens is 1. The molecule has 0 radical (unpaired) electrons. The smallest absolute Gasteiger partial charge is 0.243 e. The van der Waals surface area contributed by atoms with E-state index in [1.807, 2.05) is 18.2 Å². The highest BCUT2D eigenvalue weighted by Crippen LogP contribution is 2.30. The Kier molecular flexibility index (Phi) is 3.98. The normalized spacial score (nSPS) is 18.1. The second-order valence-corrected chi connectivity index (χ2v) is 8.60. The van der Waals surface area contributed by atoms with Gasteiger partial charge in [-0.15, -0.1) is 0 Å². The lowest BCUT2D eigenvalue weighted by Crippen LogP contribution is -2.28. The second kappa shape index (κ2) is 6.02. The van der Waals surface area contributed by atoms with Crippen LogP contribution < -0.4 is 4.90 Å². The molecule has 1 aromatic carbocycles. The first-order valence-corrected chi connectivity index (χ1v) is 9.84. The Balaban J connectivity index is 1.62. The van der Waals surface area contributed by atoms with E-state index in [0.29, 0.717) is 41.9 Å². The maximum Gasteiger partial charge on any atom is 0.243 e. The zero-order valence-corrected chi connectivity index (χ0v) is 14.7. The minimum absolute atomic E-state index is 0.323. The van der Waals surface area contributed by atoms with Crippen LogP contribution in [0.1, 0.15) is 24.0 Å². The molecule has 1 saturated heterocycles. The van der Waals surface area contributed by atoms with E-state index in [-0.39, 0.29) is 0 Å². The molecule has 0 spiro atoms. The van der Waals surface area contributed by atoms with Crippen LogP contribution in [0, 0.1) is 0 Å². The fourth-order valence-corrected chi connectivity index (χ4v) is 5.05. The van der Waals surface area contributed by atoms with E-state index in [1.54, 1.807) is 22.6 Å². The van der Waals surface area contributed by atoms with Gasteiger partial charge in [0, 0.05) is 43.5 Å². The summed E-state index contributed by atoms with van der Waals surface area (Å²) in [5.41, 5.74) is 2.37. The molecule has 1 aromatic heterocycles. The number of anilines is 1. The number of fused-ring (bicyclic) bond motifs is 1. The van der Waals surface area contributed by atoms with E-state index in [1.165, 1.54) is 5.56 Å². The van der Waals surface area contributed by atoms with Crippen molar-refractivity contribution in [2.45, 2.75) is 30.8 Å². The largest absolute Gasteiger partial charge is 0.348 e. The van der Waals surface area contributed by atoms with Crippen LogP contribution in [-0.4, -0.2) is 30.8 Å². The third kappa shape index (κ3) is 2.79. The first-order valence-electron chi connectivity index (χ1n) is 8.02. The fraction of sp³-hybridized carbons (Fsp3) is 0.353. The van der Waals surface area contributed by atoms with Crippen molar-refractivity contribution in [2.75, 3.05) is 18.0 Å². The van der Waals surface area contributed by atoms with Crippen LogP contribution in [0.3, 0.4) is 0 Å². The van der Waals surface area contributed by atoms with E-state index >= 15 is 0 Å². The molecule has 5 nitrogen and oxygen atoms in total. The molecular weight excluding hydrogens is 346 g/mol. The molecular formula is C17H18ClN3O2S. The molecule has 0 saturated carbocycles. The topological polar surface area (TPSA) is 53.5 Å². The number of pyridine rings is 1. The summed E-state index contributed by atoms with van der Waals surface area (Å²) < 4.78 is 27.0. The molecule has 0 bridgehead atoms. The van der Waals surface area contributed by atoms with Crippen molar-refractivity contribution in [2.24, 2.45) is 0 Å². The van der Waals surface area contributed by atoms with E-state index in [4.69, 9.17) is 11.6 Å². The molecule has 2 aliphatic heterocycles. The quantitative estimate of drug-likeness (QED) is 0.841. The van der Waals surface area contributed by atoms with Crippen molar-refractivity contribution >= 4 is 27.4 Å². The van der Waals surface area contributed by atoms with Crippen molar-refractivity contribution in [3.05, 3.63) is 52.7 Å². The highest BCUT2D eigenvalue weighted by atomic mass is 35.5. The van der Waals surface area contributed by atoms with E-state index < -0.39 is 10.0 Å². The second-order valence-electron chi connectivity index (χ2n) is 6.23.